The molecule has 0 saturated heterocycles. The second-order valence-corrected chi connectivity index (χ2v) is 21.4. The molecule has 2 unspecified atom stereocenters. The maximum atomic E-state index is 12.4. The third-order valence-electron chi connectivity index (χ3n) is 14.6. The summed E-state index contributed by atoms with van der Waals surface area (Å²) >= 11 is 0. The van der Waals surface area contributed by atoms with Gasteiger partial charge < -0.3 is 20.3 Å². The van der Waals surface area contributed by atoms with Crippen molar-refractivity contribution < 1.29 is 24.5 Å². The van der Waals surface area contributed by atoms with Crippen molar-refractivity contribution >= 4 is 11.9 Å². The zero-order valence-corrected chi connectivity index (χ0v) is 46.1. The molecule has 0 rings (SSSR count). The molecule has 0 aliphatic carbocycles. The first kappa shape index (κ1) is 66.6. The first-order chi connectivity index (χ1) is 33.5. The van der Waals surface area contributed by atoms with Gasteiger partial charge in [0.2, 0.25) is 5.91 Å². The van der Waals surface area contributed by atoms with Crippen LogP contribution in [0.25, 0.3) is 0 Å². The summed E-state index contributed by atoms with van der Waals surface area (Å²) in [7, 11) is 0. The SMILES string of the molecule is CCCCCCCCCC/C=C/C(O)C(CO)NC(=O)CCCCCCCCCCCCCCCCCCCCCCCCCCOC(=O)CCCCCCCCCCCCCCCCCCC. The molecule has 6 nitrogen and oxygen atoms in total. The van der Waals surface area contributed by atoms with Crippen LogP contribution in [0.15, 0.2) is 12.2 Å². The summed E-state index contributed by atoms with van der Waals surface area (Å²) in [4.78, 5) is 24.5. The van der Waals surface area contributed by atoms with E-state index < -0.39 is 12.1 Å². The molecule has 0 heterocycles. The van der Waals surface area contributed by atoms with Gasteiger partial charge in [-0.3, -0.25) is 9.59 Å². The van der Waals surface area contributed by atoms with Crippen LogP contribution in [0.1, 0.15) is 348 Å². The number of carbonyl (C=O) groups excluding carboxylic acids is 2. The van der Waals surface area contributed by atoms with Gasteiger partial charge >= 0.3 is 5.97 Å². The van der Waals surface area contributed by atoms with E-state index in [4.69, 9.17) is 4.74 Å². The van der Waals surface area contributed by atoms with Gasteiger partial charge in [0.1, 0.15) is 0 Å². The molecule has 0 aromatic rings. The molecule has 1 amide bonds. The average Bonchev–Trinajstić information content (AvgIpc) is 3.34. The van der Waals surface area contributed by atoms with Crippen LogP contribution >= 0.6 is 0 Å². The zero-order chi connectivity index (χ0) is 49.3. The molecule has 0 fully saturated rings. The van der Waals surface area contributed by atoms with Crippen molar-refractivity contribution in [3.8, 4) is 0 Å². The largest absolute Gasteiger partial charge is 0.466 e. The van der Waals surface area contributed by atoms with Gasteiger partial charge in [-0.15, -0.1) is 0 Å². The molecule has 0 bridgehead atoms. The van der Waals surface area contributed by atoms with E-state index in [1.165, 1.54) is 283 Å². The minimum atomic E-state index is -0.841. The topological polar surface area (TPSA) is 95.9 Å². The fourth-order valence-electron chi connectivity index (χ4n) is 9.81. The third kappa shape index (κ3) is 53.9. The van der Waals surface area contributed by atoms with Crippen LogP contribution in [0.2, 0.25) is 0 Å². The van der Waals surface area contributed by atoms with Crippen molar-refractivity contribution in [2.24, 2.45) is 0 Å². The predicted octanol–water partition coefficient (Wildman–Crippen LogP) is 19.2. The first-order valence-corrected chi connectivity index (χ1v) is 31.0. The fourth-order valence-corrected chi connectivity index (χ4v) is 9.81. The van der Waals surface area contributed by atoms with Gasteiger partial charge in [-0.25, -0.2) is 0 Å². The van der Waals surface area contributed by atoms with Gasteiger partial charge in [0.05, 0.1) is 25.4 Å². The highest BCUT2D eigenvalue weighted by molar-refractivity contribution is 5.76. The number of hydrogen-bond acceptors (Lipinski definition) is 5. The number of rotatable bonds is 58. The van der Waals surface area contributed by atoms with Crippen LogP contribution in [0.5, 0.6) is 0 Å². The number of allylic oxidation sites excluding steroid dienone is 1. The Bertz CT molecular complexity index is 1020. The van der Waals surface area contributed by atoms with Gasteiger partial charge in [0, 0.05) is 12.8 Å². The van der Waals surface area contributed by atoms with Gasteiger partial charge in [-0.2, -0.15) is 0 Å². The lowest BCUT2D eigenvalue weighted by Gasteiger charge is -2.20. The number of hydrogen-bond donors (Lipinski definition) is 3. The minimum Gasteiger partial charge on any atom is -0.466 e. The molecule has 6 heteroatoms. The van der Waals surface area contributed by atoms with Crippen molar-refractivity contribution in [1.82, 2.24) is 5.32 Å². The quantitative estimate of drug-likeness (QED) is 0.0321. The smallest absolute Gasteiger partial charge is 0.305 e. The molecule has 0 spiro atoms. The number of amides is 1. The number of unbranched alkanes of at least 4 members (excludes halogenated alkanes) is 47. The molecule has 68 heavy (non-hydrogen) atoms. The standard InChI is InChI=1S/C62H121NO5/c1-3-5-7-9-11-13-15-16-17-26-30-33-36-40-44-48-52-56-62(67)68-57-53-49-45-41-37-34-31-28-25-23-21-19-18-20-22-24-27-29-32-35-39-43-47-51-55-61(66)63-59(58-64)60(65)54-50-46-42-38-14-12-10-8-6-4-2/h50,54,59-60,64-65H,3-49,51-53,55-58H2,1-2H3,(H,63,66)/b54-50+. The number of nitrogens with one attached hydrogen (secondary N) is 1. The molecule has 0 aromatic carbocycles. The van der Waals surface area contributed by atoms with Crippen LogP contribution in [0, 0.1) is 0 Å². The van der Waals surface area contributed by atoms with Crippen LogP contribution in [-0.2, 0) is 14.3 Å². The zero-order valence-electron chi connectivity index (χ0n) is 46.1. The lowest BCUT2D eigenvalue weighted by molar-refractivity contribution is -0.143. The lowest BCUT2D eigenvalue weighted by Crippen LogP contribution is -2.45. The summed E-state index contributed by atoms with van der Waals surface area (Å²) in [6.07, 6.45) is 69.8. The van der Waals surface area contributed by atoms with Crippen LogP contribution < -0.4 is 5.32 Å². The van der Waals surface area contributed by atoms with E-state index >= 15 is 0 Å². The molecule has 404 valence electrons. The van der Waals surface area contributed by atoms with Crippen molar-refractivity contribution in [2.45, 2.75) is 360 Å². The Balaban J connectivity index is 3.33. The van der Waals surface area contributed by atoms with E-state index in [1.807, 2.05) is 6.08 Å². The Morgan fingerprint density at radius 2 is 0.676 bits per heavy atom. The molecule has 0 aliphatic rings. The van der Waals surface area contributed by atoms with Gasteiger partial charge in [-0.05, 0) is 32.1 Å². The molecular formula is C62H121NO5. The average molecular weight is 961 g/mol. The van der Waals surface area contributed by atoms with E-state index in [2.05, 4.69) is 19.2 Å². The minimum absolute atomic E-state index is 0.0193. The van der Waals surface area contributed by atoms with E-state index in [1.54, 1.807) is 6.08 Å². The molecule has 3 N–H and O–H groups in total. The number of esters is 1. The molecular weight excluding hydrogens is 839 g/mol. The summed E-state index contributed by atoms with van der Waals surface area (Å²) in [5.74, 6) is -0.0479. The maximum absolute atomic E-state index is 12.4. The third-order valence-corrected chi connectivity index (χ3v) is 14.6. The Hall–Kier alpha value is -1.40. The van der Waals surface area contributed by atoms with Gasteiger partial charge in [0.15, 0.2) is 0 Å². The van der Waals surface area contributed by atoms with E-state index in [-0.39, 0.29) is 18.5 Å². The fraction of sp³-hybridized carbons (Fsp3) is 0.935. The van der Waals surface area contributed by atoms with Crippen LogP contribution in [0.3, 0.4) is 0 Å². The second kappa shape index (κ2) is 58.2. The summed E-state index contributed by atoms with van der Waals surface area (Å²) < 4.78 is 5.50. The monoisotopic (exact) mass is 960 g/mol. The lowest BCUT2D eigenvalue weighted by atomic mass is 10.0. The Labute approximate surface area is 425 Å². The van der Waals surface area contributed by atoms with Gasteiger partial charge in [0.25, 0.3) is 0 Å². The number of carbonyl (C=O) groups is 2. The van der Waals surface area contributed by atoms with Crippen molar-refractivity contribution in [3.05, 3.63) is 12.2 Å². The Morgan fingerprint density at radius 1 is 0.397 bits per heavy atom. The number of ether oxygens (including phenoxy) is 1. The van der Waals surface area contributed by atoms with Crippen LogP contribution in [0.4, 0.5) is 0 Å². The van der Waals surface area contributed by atoms with Gasteiger partial charge in [-0.1, -0.05) is 315 Å². The number of aliphatic hydroxyl groups excluding tert-OH is 2. The maximum Gasteiger partial charge on any atom is 0.305 e. The Kier molecular flexibility index (Phi) is 57.0. The normalized spacial score (nSPS) is 12.6. The predicted molar refractivity (Wildman–Crippen MR) is 297 cm³/mol. The summed E-state index contributed by atoms with van der Waals surface area (Å²) in [6, 6.07) is -0.624. The molecule has 0 saturated carbocycles. The highest BCUT2D eigenvalue weighted by atomic mass is 16.5. The van der Waals surface area contributed by atoms with Crippen LogP contribution in [-0.4, -0.2) is 47.4 Å². The summed E-state index contributed by atoms with van der Waals surface area (Å²) in [5.41, 5.74) is 0. The summed E-state index contributed by atoms with van der Waals surface area (Å²) in [5, 5.41) is 23.0. The molecule has 0 aromatic heterocycles. The highest BCUT2D eigenvalue weighted by Gasteiger charge is 2.18. The molecule has 0 radical (unpaired) electrons. The second-order valence-electron chi connectivity index (χ2n) is 21.4. The molecule has 0 aliphatic heterocycles. The summed E-state index contributed by atoms with van der Waals surface area (Å²) in [6.45, 7) is 4.91. The number of aliphatic hydroxyl groups is 2. The first-order valence-electron chi connectivity index (χ1n) is 31.0. The van der Waals surface area contributed by atoms with Crippen molar-refractivity contribution in [2.75, 3.05) is 13.2 Å². The van der Waals surface area contributed by atoms with Crippen molar-refractivity contribution in [1.29, 1.82) is 0 Å². The van der Waals surface area contributed by atoms with E-state index in [0.29, 0.717) is 19.4 Å². The van der Waals surface area contributed by atoms with E-state index in [9.17, 15) is 19.8 Å². The highest BCUT2D eigenvalue weighted by Crippen LogP contribution is 2.18. The van der Waals surface area contributed by atoms with Crippen molar-refractivity contribution in [3.63, 3.8) is 0 Å². The van der Waals surface area contributed by atoms with E-state index in [0.717, 1.165) is 38.5 Å². The Morgan fingerprint density at radius 3 is 1.00 bits per heavy atom. The molecule has 2 atom stereocenters.